The zero-order valence-electron chi connectivity index (χ0n) is 12.6. The van der Waals surface area contributed by atoms with Gasteiger partial charge in [0.15, 0.2) is 0 Å². The van der Waals surface area contributed by atoms with E-state index in [4.69, 9.17) is 0 Å². The number of rotatable bonds is 1. The van der Waals surface area contributed by atoms with Gasteiger partial charge in [-0.1, -0.05) is 13.0 Å². The zero-order chi connectivity index (χ0) is 14.6. The first kappa shape index (κ1) is 13.3. The molecule has 3 heteroatoms. The second-order valence-corrected chi connectivity index (χ2v) is 7.00. The Morgan fingerprint density at radius 3 is 3.00 bits per heavy atom. The lowest BCUT2D eigenvalue weighted by molar-refractivity contribution is -0.127. The van der Waals surface area contributed by atoms with Crippen molar-refractivity contribution in [2.75, 3.05) is 13.1 Å². The van der Waals surface area contributed by atoms with Crippen molar-refractivity contribution >= 4 is 5.78 Å². The fraction of sp³-hybridized carbons (Fsp3) is 0.611. The molecule has 1 aliphatic heterocycles. The first-order chi connectivity index (χ1) is 10.1. The van der Waals surface area contributed by atoms with E-state index in [2.05, 4.69) is 17.9 Å². The number of carbonyl (C=O) groups excluding carboxylic acids is 1. The quantitative estimate of drug-likeness (QED) is 0.862. The average molecular weight is 285 g/mol. The molecule has 1 N–H and O–H groups in total. The second-order valence-electron chi connectivity index (χ2n) is 7.00. The van der Waals surface area contributed by atoms with E-state index < -0.39 is 0 Å². The van der Waals surface area contributed by atoms with Gasteiger partial charge in [0.2, 0.25) is 0 Å². The summed E-state index contributed by atoms with van der Waals surface area (Å²) in [6.45, 7) is 4.42. The number of hydrogen-bond acceptors (Lipinski definition) is 3. The average Bonchev–Trinajstić information content (AvgIpc) is 2.48. The van der Waals surface area contributed by atoms with Crippen molar-refractivity contribution in [3.8, 4) is 5.75 Å². The predicted molar refractivity (Wildman–Crippen MR) is 81.5 cm³/mol. The molecule has 0 spiro atoms. The number of nitrogens with zero attached hydrogens (tertiary/aromatic N) is 1. The van der Waals surface area contributed by atoms with Crippen LogP contribution in [0.4, 0.5) is 0 Å². The molecule has 112 valence electrons. The predicted octanol–water partition coefficient (Wildman–Crippen LogP) is 2.65. The smallest absolute Gasteiger partial charge is 0.133 e. The Bertz CT molecular complexity index is 597. The summed E-state index contributed by atoms with van der Waals surface area (Å²) in [5, 5.41) is 9.95. The lowest BCUT2D eigenvalue weighted by Gasteiger charge is -2.58. The summed E-state index contributed by atoms with van der Waals surface area (Å²) < 4.78 is 0. The van der Waals surface area contributed by atoms with E-state index in [9.17, 15) is 9.90 Å². The molecule has 0 radical (unpaired) electrons. The number of ketones is 1. The first-order valence-electron chi connectivity index (χ1n) is 8.22. The van der Waals surface area contributed by atoms with Crippen molar-refractivity contribution in [3.05, 3.63) is 29.3 Å². The third kappa shape index (κ3) is 1.80. The van der Waals surface area contributed by atoms with Gasteiger partial charge in [0.05, 0.1) is 0 Å². The van der Waals surface area contributed by atoms with Crippen LogP contribution in [0.25, 0.3) is 0 Å². The number of likely N-dealkylation sites (tertiary alicyclic amines) is 1. The zero-order valence-corrected chi connectivity index (χ0v) is 12.6. The third-order valence-electron chi connectivity index (χ3n) is 6.25. The Hall–Kier alpha value is -1.35. The van der Waals surface area contributed by atoms with Gasteiger partial charge in [-0.2, -0.15) is 0 Å². The Balaban J connectivity index is 1.87. The monoisotopic (exact) mass is 285 g/mol. The fourth-order valence-electron chi connectivity index (χ4n) is 5.23. The molecule has 3 atom stereocenters. The van der Waals surface area contributed by atoms with Gasteiger partial charge in [-0.05, 0) is 61.5 Å². The molecule has 4 rings (SSSR count). The number of benzene rings is 1. The lowest BCUT2D eigenvalue weighted by Crippen LogP contribution is -2.61. The molecule has 0 aromatic heterocycles. The van der Waals surface area contributed by atoms with Crippen LogP contribution < -0.4 is 0 Å². The van der Waals surface area contributed by atoms with E-state index in [-0.39, 0.29) is 5.41 Å². The number of fused-ring (bicyclic) bond motifs is 1. The maximum absolute atomic E-state index is 12.1. The number of likely N-dealkylation sites (N-methyl/N-ethyl adjacent to an activating group) is 1. The summed E-state index contributed by atoms with van der Waals surface area (Å²) in [7, 11) is 0. The van der Waals surface area contributed by atoms with Crippen molar-refractivity contribution in [1.29, 1.82) is 0 Å². The van der Waals surface area contributed by atoms with E-state index in [0.29, 0.717) is 29.9 Å². The van der Waals surface area contributed by atoms with E-state index >= 15 is 0 Å². The van der Waals surface area contributed by atoms with Crippen molar-refractivity contribution < 1.29 is 9.90 Å². The molecule has 1 aromatic carbocycles. The number of phenols is 1. The van der Waals surface area contributed by atoms with Gasteiger partial charge in [-0.25, -0.2) is 0 Å². The Labute approximate surface area is 126 Å². The molecular weight excluding hydrogens is 262 g/mol. The topological polar surface area (TPSA) is 40.5 Å². The van der Waals surface area contributed by atoms with Crippen LogP contribution in [0.1, 0.15) is 43.7 Å². The Kier molecular flexibility index (Phi) is 2.90. The summed E-state index contributed by atoms with van der Waals surface area (Å²) in [5.41, 5.74) is 2.87. The summed E-state index contributed by atoms with van der Waals surface area (Å²) in [4.78, 5) is 14.6. The van der Waals surface area contributed by atoms with Crippen molar-refractivity contribution in [1.82, 2.24) is 4.90 Å². The number of phenolic OH excluding ortho intramolecular Hbond substituents is 1. The molecule has 3 nitrogen and oxygen atoms in total. The first-order valence-corrected chi connectivity index (χ1v) is 8.22. The molecule has 21 heavy (non-hydrogen) atoms. The van der Waals surface area contributed by atoms with Crippen LogP contribution >= 0.6 is 0 Å². The highest BCUT2D eigenvalue weighted by atomic mass is 16.3. The van der Waals surface area contributed by atoms with Crippen LogP contribution in [0.2, 0.25) is 0 Å². The van der Waals surface area contributed by atoms with Gasteiger partial charge in [-0.15, -0.1) is 0 Å². The molecule has 1 saturated heterocycles. The van der Waals surface area contributed by atoms with Crippen LogP contribution in [0.3, 0.4) is 0 Å². The SMILES string of the molecule is CCN1CC[C@]23CCC(=O)C[C@H]2[C@H]1Cc1ccc(O)cc13. The van der Waals surface area contributed by atoms with Gasteiger partial charge in [0.25, 0.3) is 0 Å². The minimum absolute atomic E-state index is 0.135. The molecule has 0 unspecified atom stereocenters. The van der Waals surface area contributed by atoms with E-state index in [1.807, 2.05) is 12.1 Å². The fourth-order valence-corrected chi connectivity index (χ4v) is 5.23. The molecule has 1 saturated carbocycles. The van der Waals surface area contributed by atoms with Crippen LogP contribution in [-0.2, 0) is 16.6 Å². The molecule has 1 heterocycles. The lowest BCUT2D eigenvalue weighted by atomic mass is 9.52. The van der Waals surface area contributed by atoms with Crippen LogP contribution in [0.15, 0.2) is 18.2 Å². The van der Waals surface area contributed by atoms with Crippen molar-refractivity contribution in [2.24, 2.45) is 5.92 Å². The van der Waals surface area contributed by atoms with Crippen LogP contribution in [0.5, 0.6) is 5.75 Å². The van der Waals surface area contributed by atoms with Gasteiger partial charge in [0.1, 0.15) is 11.5 Å². The maximum atomic E-state index is 12.1. The maximum Gasteiger partial charge on any atom is 0.133 e. The second kappa shape index (κ2) is 4.57. The van der Waals surface area contributed by atoms with Crippen molar-refractivity contribution in [2.45, 2.75) is 50.5 Å². The van der Waals surface area contributed by atoms with Gasteiger partial charge in [-0.3, -0.25) is 9.69 Å². The number of hydrogen-bond donors (Lipinski definition) is 1. The third-order valence-corrected chi connectivity index (χ3v) is 6.25. The molecule has 1 aromatic rings. The van der Waals surface area contributed by atoms with E-state index in [1.165, 1.54) is 11.1 Å². The number of aromatic hydroxyl groups is 1. The van der Waals surface area contributed by atoms with Crippen LogP contribution in [0, 0.1) is 5.92 Å². The van der Waals surface area contributed by atoms with Crippen LogP contribution in [-0.4, -0.2) is 34.9 Å². The number of carbonyl (C=O) groups is 1. The molecule has 2 bridgehead atoms. The van der Waals surface area contributed by atoms with Gasteiger partial charge in [0, 0.05) is 24.3 Å². The minimum atomic E-state index is 0.135. The molecule has 2 aliphatic carbocycles. The summed E-state index contributed by atoms with van der Waals surface area (Å²) in [6, 6.07) is 6.40. The highest BCUT2D eigenvalue weighted by Crippen LogP contribution is 2.55. The summed E-state index contributed by atoms with van der Waals surface area (Å²) in [6.07, 6.45) is 4.58. The molecule has 3 aliphatic rings. The molecular formula is C18H23NO2. The summed E-state index contributed by atoms with van der Waals surface area (Å²) in [5.74, 6) is 1.25. The molecule has 0 amide bonds. The van der Waals surface area contributed by atoms with Gasteiger partial charge < -0.3 is 5.11 Å². The normalized spacial score (nSPS) is 35.2. The summed E-state index contributed by atoms with van der Waals surface area (Å²) >= 11 is 0. The Morgan fingerprint density at radius 2 is 2.19 bits per heavy atom. The number of piperidine rings is 1. The molecule has 2 fully saturated rings. The number of Topliss-reactive ketones (excluding diaryl/α,β-unsaturated/α-hetero) is 1. The van der Waals surface area contributed by atoms with E-state index in [1.54, 1.807) is 0 Å². The minimum Gasteiger partial charge on any atom is -0.508 e. The Morgan fingerprint density at radius 1 is 1.33 bits per heavy atom. The largest absolute Gasteiger partial charge is 0.508 e. The highest BCUT2D eigenvalue weighted by Gasteiger charge is 2.54. The highest BCUT2D eigenvalue weighted by molar-refractivity contribution is 5.80. The van der Waals surface area contributed by atoms with Gasteiger partial charge >= 0.3 is 0 Å². The van der Waals surface area contributed by atoms with E-state index in [0.717, 1.165) is 38.8 Å². The van der Waals surface area contributed by atoms with Crippen molar-refractivity contribution in [3.63, 3.8) is 0 Å². The standard InChI is InChI=1S/C18H23NO2/c1-2-19-8-7-18-6-5-14(21)11-16(18)17(19)9-12-3-4-13(20)10-15(12)18/h3-4,10,16-17,20H,2,5-9,11H2,1H3/t16-,17+,18-/m0/s1.